The topological polar surface area (TPSA) is 79.8 Å². The summed E-state index contributed by atoms with van der Waals surface area (Å²) in [6, 6.07) is 1.33. The quantitative estimate of drug-likeness (QED) is 0.693. The van der Waals surface area contributed by atoms with Crippen LogP contribution in [-0.2, 0) is 9.47 Å². The van der Waals surface area contributed by atoms with E-state index in [-0.39, 0.29) is 11.7 Å². The fourth-order valence-electron chi connectivity index (χ4n) is 3.99. The number of aromatic nitrogens is 2. The molecule has 3 atom stereocenters. The van der Waals surface area contributed by atoms with Gasteiger partial charge in [-0.15, -0.1) is 6.42 Å². The number of nitrogens with zero attached hydrogens (tertiary/aromatic N) is 3. The van der Waals surface area contributed by atoms with E-state index in [4.69, 9.17) is 15.9 Å². The summed E-state index contributed by atoms with van der Waals surface area (Å²) in [5.41, 5.74) is -1.27. The van der Waals surface area contributed by atoms with Crippen molar-refractivity contribution in [2.24, 2.45) is 0 Å². The van der Waals surface area contributed by atoms with Gasteiger partial charge < -0.3 is 9.47 Å². The monoisotopic (exact) mass is 346 g/mol. The third kappa shape index (κ3) is 3.16. The van der Waals surface area contributed by atoms with Crippen LogP contribution in [0.1, 0.15) is 12.6 Å². The fourth-order valence-corrected chi connectivity index (χ4v) is 3.99. The normalized spacial score (nSPS) is 32.8. The van der Waals surface area contributed by atoms with Crippen molar-refractivity contribution in [1.82, 2.24) is 19.4 Å². The molecule has 1 aromatic rings. The first kappa shape index (κ1) is 16.5. The summed E-state index contributed by atoms with van der Waals surface area (Å²) in [6.07, 6.45) is 6.96. The minimum absolute atomic E-state index is 0.161. The van der Waals surface area contributed by atoms with E-state index in [0.717, 1.165) is 39.1 Å². The van der Waals surface area contributed by atoms with Gasteiger partial charge in [-0.25, -0.2) is 4.79 Å². The lowest BCUT2D eigenvalue weighted by molar-refractivity contribution is -0.180. The van der Waals surface area contributed by atoms with Gasteiger partial charge in [0.2, 0.25) is 0 Å². The Morgan fingerprint density at radius 2 is 2.04 bits per heavy atom. The highest BCUT2D eigenvalue weighted by molar-refractivity contribution is 5.02. The molecule has 0 amide bonds. The lowest BCUT2D eigenvalue weighted by atomic mass is 10.0. The van der Waals surface area contributed by atoms with Crippen molar-refractivity contribution < 1.29 is 9.47 Å². The smallest absolute Gasteiger partial charge is 0.330 e. The fraction of sp³-hybridized carbons (Fsp3) is 0.647. The Kier molecular flexibility index (Phi) is 4.25. The zero-order valence-electron chi connectivity index (χ0n) is 14.0. The van der Waals surface area contributed by atoms with Crippen LogP contribution in [0, 0.1) is 12.3 Å². The second-order valence-electron chi connectivity index (χ2n) is 7.02. The molecule has 25 heavy (non-hydrogen) atoms. The Hall–Kier alpha value is -1.92. The molecule has 2 bridgehead atoms. The Morgan fingerprint density at radius 1 is 1.28 bits per heavy atom. The van der Waals surface area contributed by atoms with E-state index in [2.05, 4.69) is 20.7 Å². The molecule has 1 unspecified atom stereocenters. The molecule has 3 aliphatic rings. The molecule has 1 N–H and O–H groups in total. The maximum absolute atomic E-state index is 12.0. The number of hydrogen-bond donors (Lipinski definition) is 1. The molecule has 1 aromatic heterocycles. The molecule has 8 nitrogen and oxygen atoms in total. The highest BCUT2D eigenvalue weighted by Gasteiger charge is 2.54. The Bertz CT molecular complexity index is 789. The van der Waals surface area contributed by atoms with Gasteiger partial charge in [0.05, 0.1) is 13.2 Å². The average molecular weight is 346 g/mol. The van der Waals surface area contributed by atoms with Crippen molar-refractivity contribution in [2.75, 3.05) is 45.9 Å². The molecular weight excluding hydrogens is 324 g/mol. The highest BCUT2D eigenvalue weighted by Crippen LogP contribution is 2.44. The first-order valence-electron chi connectivity index (χ1n) is 8.58. The van der Waals surface area contributed by atoms with Crippen LogP contribution in [0.25, 0.3) is 0 Å². The van der Waals surface area contributed by atoms with Crippen LogP contribution in [0.2, 0.25) is 0 Å². The molecule has 4 rings (SSSR count). The van der Waals surface area contributed by atoms with Gasteiger partial charge in [0.25, 0.3) is 5.56 Å². The number of rotatable bonds is 4. The number of piperazine rings is 1. The lowest BCUT2D eigenvalue weighted by Gasteiger charge is -2.39. The van der Waals surface area contributed by atoms with E-state index < -0.39 is 17.5 Å². The molecule has 134 valence electrons. The van der Waals surface area contributed by atoms with Gasteiger partial charge >= 0.3 is 5.69 Å². The molecule has 0 saturated carbocycles. The zero-order valence-corrected chi connectivity index (χ0v) is 14.0. The van der Waals surface area contributed by atoms with Crippen LogP contribution in [0.4, 0.5) is 0 Å². The molecule has 3 fully saturated rings. The molecule has 0 aliphatic carbocycles. The van der Waals surface area contributed by atoms with E-state index in [1.807, 2.05) is 0 Å². The second kappa shape index (κ2) is 6.42. The van der Waals surface area contributed by atoms with Crippen LogP contribution in [0.3, 0.4) is 0 Å². The minimum atomic E-state index is -0.485. The number of terminal acetylenes is 1. The summed E-state index contributed by atoms with van der Waals surface area (Å²) in [7, 11) is 0. The first-order chi connectivity index (χ1) is 12.1. The van der Waals surface area contributed by atoms with Crippen LogP contribution in [-0.4, -0.2) is 76.9 Å². The largest absolute Gasteiger partial charge is 0.370 e. The number of H-pyrrole nitrogens is 1. The summed E-state index contributed by atoms with van der Waals surface area (Å²) >= 11 is 0. The van der Waals surface area contributed by atoms with Crippen molar-refractivity contribution in [2.45, 2.75) is 24.4 Å². The molecule has 0 spiro atoms. The van der Waals surface area contributed by atoms with E-state index >= 15 is 0 Å². The standard InChI is InChI=1S/C17H22N4O4/c1-2-4-19-6-8-20(9-7-19)11-17-10-13(24-12-17)15(25-17)21-5-3-14(22)18-16(21)23/h1,3,5,13,15H,4,6-12H2,(H,18,22,23)/t13?,15-,17+/m1/s1. The van der Waals surface area contributed by atoms with Gasteiger partial charge in [0.15, 0.2) is 6.23 Å². The van der Waals surface area contributed by atoms with Gasteiger partial charge in [-0.2, -0.15) is 0 Å². The summed E-state index contributed by atoms with van der Waals surface area (Å²) in [4.78, 5) is 30.2. The molecule has 0 aromatic carbocycles. The van der Waals surface area contributed by atoms with Gasteiger partial charge in [-0.3, -0.25) is 24.1 Å². The summed E-state index contributed by atoms with van der Waals surface area (Å²) in [5, 5.41) is 0. The number of ether oxygens (including phenoxy) is 2. The predicted molar refractivity (Wildman–Crippen MR) is 90.2 cm³/mol. The van der Waals surface area contributed by atoms with Gasteiger partial charge in [0.1, 0.15) is 11.7 Å². The van der Waals surface area contributed by atoms with Crippen LogP contribution in [0.5, 0.6) is 0 Å². The predicted octanol–water partition coefficient (Wildman–Crippen LogP) is -1.16. The van der Waals surface area contributed by atoms with Gasteiger partial charge in [-0.1, -0.05) is 5.92 Å². The maximum atomic E-state index is 12.0. The van der Waals surface area contributed by atoms with E-state index in [9.17, 15) is 9.59 Å². The maximum Gasteiger partial charge on any atom is 0.330 e. The number of hydrogen-bond acceptors (Lipinski definition) is 6. The number of fused-ring (bicyclic) bond motifs is 2. The molecule has 3 aliphatic heterocycles. The van der Waals surface area contributed by atoms with Crippen LogP contribution >= 0.6 is 0 Å². The van der Waals surface area contributed by atoms with Crippen LogP contribution in [0.15, 0.2) is 21.9 Å². The van der Waals surface area contributed by atoms with Gasteiger partial charge in [-0.05, 0) is 0 Å². The van der Waals surface area contributed by atoms with Crippen LogP contribution < -0.4 is 11.2 Å². The summed E-state index contributed by atoms with van der Waals surface area (Å²) in [6.45, 7) is 5.80. The van der Waals surface area contributed by atoms with Crippen molar-refractivity contribution in [1.29, 1.82) is 0 Å². The summed E-state index contributed by atoms with van der Waals surface area (Å²) in [5.74, 6) is 2.69. The number of aromatic amines is 1. The molecule has 0 radical (unpaired) electrons. The SMILES string of the molecule is C#CCN1CCN(C[C@]23COC(C2)[C@H](n2ccc(=O)[nH]c2=O)O3)CC1. The lowest BCUT2D eigenvalue weighted by Crippen LogP contribution is -2.53. The molecule has 3 saturated heterocycles. The Balaban J connectivity index is 1.43. The third-order valence-electron chi connectivity index (χ3n) is 5.24. The minimum Gasteiger partial charge on any atom is -0.370 e. The Labute approximate surface area is 145 Å². The number of nitrogens with one attached hydrogen (secondary N) is 1. The first-order valence-corrected chi connectivity index (χ1v) is 8.58. The molecule has 8 heteroatoms. The molecule has 4 heterocycles. The third-order valence-corrected chi connectivity index (χ3v) is 5.24. The highest BCUT2D eigenvalue weighted by atomic mass is 16.6. The molecular formula is C17H22N4O4. The van der Waals surface area contributed by atoms with Crippen molar-refractivity contribution in [3.8, 4) is 12.3 Å². The Morgan fingerprint density at radius 3 is 2.76 bits per heavy atom. The summed E-state index contributed by atoms with van der Waals surface area (Å²) < 4.78 is 13.5. The van der Waals surface area contributed by atoms with Crippen molar-refractivity contribution in [3.05, 3.63) is 33.1 Å². The average Bonchev–Trinajstić information content (AvgIpc) is 3.15. The van der Waals surface area contributed by atoms with E-state index in [1.54, 1.807) is 0 Å². The van der Waals surface area contributed by atoms with Crippen molar-refractivity contribution >= 4 is 0 Å². The van der Waals surface area contributed by atoms with E-state index in [1.165, 1.54) is 16.8 Å². The zero-order chi connectivity index (χ0) is 17.4. The van der Waals surface area contributed by atoms with E-state index in [0.29, 0.717) is 13.2 Å². The van der Waals surface area contributed by atoms with Crippen molar-refractivity contribution in [3.63, 3.8) is 0 Å². The second-order valence-corrected chi connectivity index (χ2v) is 7.02. The van der Waals surface area contributed by atoms with Gasteiger partial charge in [0, 0.05) is 51.4 Å².